The van der Waals surface area contributed by atoms with Crippen LogP contribution in [0, 0.1) is 11.8 Å². The molecule has 0 aromatic heterocycles. The summed E-state index contributed by atoms with van der Waals surface area (Å²) in [6.07, 6.45) is 6.76. The van der Waals surface area contributed by atoms with Crippen LogP contribution < -0.4 is 10.6 Å². The van der Waals surface area contributed by atoms with Gasteiger partial charge in [-0.05, 0) is 44.4 Å². The molecule has 2 atom stereocenters. The second-order valence-corrected chi connectivity index (χ2v) is 5.20. The van der Waals surface area contributed by atoms with Crippen LogP contribution in [0.3, 0.4) is 0 Å². The lowest BCUT2D eigenvalue weighted by molar-refractivity contribution is 0.654. The van der Waals surface area contributed by atoms with Crippen LogP contribution in [0.25, 0.3) is 0 Å². The monoisotopic (exact) mass is 351 g/mol. The van der Waals surface area contributed by atoms with E-state index in [9.17, 15) is 0 Å². The topological polar surface area (TPSA) is 36.4 Å². The van der Waals surface area contributed by atoms with E-state index in [-0.39, 0.29) is 24.0 Å². The first kappa shape index (κ1) is 15.1. The molecule has 3 nitrogen and oxygen atoms in total. The minimum Gasteiger partial charge on any atom is -0.357 e. The zero-order chi connectivity index (χ0) is 11.4. The van der Waals surface area contributed by atoms with Crippen molar-refractivity contribution in [2.45, 2.75) is 52.0 Å². The largest absolute Gasteiger partial charge is 0.357 e. The number of hydrogen-bond acceptors (Lipinski definition) is 1. The highest BCUT2D eigenvalue weighted by Crippen LogP contribution is 2.34. The number of nitrogens with zero attached hydrogens (tertiary/aromatic N) is 1. The smallest absolute Gasteiger partial charge is 0.191 e. The lowest BCUT2D eigenvalue weighted by Crippen LogP contribution is -2.39. The molecule has 2 fully saturated rings. The first-order chi connectivity index (χ1) is 7.83. The van der Waals surface area contributed by atoms with Gasteiger partial charge in [0, 0.05) is 19.1 Å². The molecular weight excluding hydrogens is 325 g/mol. The number of halogens is 1. The summed E-state index contributed by atoms with van der Waals surface area (Å²) in [5.74, 6) is 2.81. The van der Waals surface area contributed by atoms with Crippen molar-refractivity contribution in [1.82, 2.24) is 10.6 Å². The molecule has 4 heteroatoms. The summed E-state index contributed by atoms with van der Waals surface area (Å²) in [6.45, 7) is 6.37. The van der Waals surface area contributed by atoms with Crippen molar-refractivity contribution in [1.29, 1.82) is 0 Å². The molecule has 0 spiro atoms. The molecule has 2 N–H and O–H groups in total. The van der Waals surface area contributed by atoms with Crippen LogP contribution in [-0.4, -0.2) is 25.1 Å². The van der Waals surface area contributed by atoms with Gasteiger partial charge < -0.3 is 10.6 Å². The molecule has 0 bridgehead atoms. The normalized spacial score (nSPS) is 27.3. The number of nitrogens with one attached hydrogen (secondary N) is 2. The molecule has 2 saturated carbocycles. The summed E-state index contributed by atoms with van der Waals surface area (Å²) < 4.78 is 0. The summed E-state index contributed by atoms with van der Waals surface area (Å²) in [6, 6.07) is 0.692. The van der Waals surface area contributed by atoms with Gasteiger partial charge in [-0.15, -0.1) is 24.0 Å². The van der Waals surface area contributed by atoms with Gasteiger partial charge in [-0.3, -0.25) is 4.99 Å². The molecule has 0 aliphatic heterocycles. The maximum absolute atomic E-state index is 4.64. The van der Waals surface area contributed by atoms with Crippen LogP contribution in [0.15, 0.2) is 4.99 Å². The Morgan fingerprint density at radius 1 is 1.29 bits per heavy atom. The van der Waals surface area contributed by atoms with E-state index >= 15 is 0 Å². The fourth-order valence-electron chi connectivity index (χ4n) is 2.13. The number of hydrogen-bond donors (Lipinski definition) is 2. The van der Waals surface area contributed by atoms with Gasteiger partial charge in [0.05, 0.1) is 0 Å². The Kier molecular flexibility index (Phi) is 6.59. The van der Waals surface area contributed by atoms with Gasteiger partial charge in [0.15, 0.2) is 5.96 Å². The predicted octanol–water partition coefficient (Wildman–Crippen LogP) is 2.76. The molecule has 0 amide bonds. The molecule has 0 saturated heterocycles. The maximum atomic E-state index is 4.64. The quantitative estimate of drug-likeness (QED) is 0.439. The first-order valence-electron chi connectivity index (χ1n) is 6.88. The highest BCUT2D eigenvalue weighted by atomic mass is 127. The highest BCUT2D eigenvalue weighted by molar-refractivity contribution is 14.0. The molecule has 2 aliphatic carbocycles. The van der Waals surface area contributed by atoms with Gasteiger partial charge in [0.2, 0.25) is 0 Å². The molecule has 0 radical (unpaired) electrons. The number of guanidine groups is 1. The predicted molar refractivity (Wildman–Crippen MR) is 84.1 cm³/mol. The number of aliphatic imine (C=N–C) groups is 1. The van der Waals surface area contributed by atoms with Crippen molar-refractivity contribution in [3.05, 3.63) is 0 Å². The molecule has 0 aromatic rings. The molecule has 2 unspecified atom stereocenters. The third kappa shape index (κ3) is 5.44. The minimum atomic E-state index is 0. The fourth-order valence-corrected chi connectivity index (χ4v) is 2.13. The lowest BCUT2D eigenvalue weighted by Gasteiger charge is -2.10. The van der Waals surface area contributed by atoms with Gasteiger partial charge in [-0.2, -0.15) is 0 Å². The van der Waals surface area contributed by atoms with Crippen LogP contribution in [-0.2, 0) is 0 Å². The summed E-state index contributed by atoms with van der Waals surface area (Å²) in [5.41, 5.74) is 0. The molecule has 0 aromatic carbocycles. The van der Waals surface area contributed by atoms with Gasteiger partial charge in [-0.1, -0.05) is 13.3 Å². The fraction of sp³-hybridized carbons (Fsp3) is 0.923. The van der Waals surface area contributed by atoms with Gasteiger partial charge in [-0.25, -0.2) is 0 Å². The van der Waals surface area contributed by atoms with Crippen LogP contribution in [0.4, 0.5) is 0 Å². The maximum Gasteiger partial charge on any atom is 0.191 e. The SMILES string of the molecule is CCCC1CC1NC(=NCC1CC1)NCC.I. The highest BCUT2D eigenvalue weighted by Gasteiger charge is 2.36. The van der Waals surface area contributed by atoms with E-state index in [2.05, 4.69) is 29.5 Å². The molecule has 17 heavy (non-hydrogen) atoms. The van der Waals surface area contributed by atoms with Crippen molar-refractivity contribution in [2.24, 2.45) is 16.8 Å². The third-order valence-electron chi connectivity index (χ3n) is 3.45. The average Bonchev–Trinajstić information content (AvgIpc) is 3.13. The van der Waals surface area contributed by atoms with E-state index in [1.807, 2.05) is 0 Å². The van der Waals surface area contributed by atoms with E-state index < -0.39 is 0 Å². The summed E-state index contributed by atoms with van der Waals surface area (Å²) in [4.78, 5) is 4.64. The van der Waals surface area contributed by atoms with Gasteiger partial charge >= 0.3 is 0 Å². The zero-order valence-electron chi connectivity index (χ0n) is 11.0. The average molecular weight is 351 g/mol. The van der Waals surface area contributed by atoms with E-state index in [0.717, 1.165) is 30.9 Å². The van der Waals surface area contributed by atoms with Crippen molar-refractivity contribution >= 4 is 29.9 Å². The van der Waals surface area contributed by atoms with Gasteiger partial charge in [0.25, 0.3) is 0 Å². The molecule has 0 heterocycles. The third-order valence-corrected chi connectivity index (χ3v) is 3.45. The van der Waals surface area contributed by atoms with E-state index in [0.29, 0.717) is 6.04 Å². The molecule has 100 valence electrons. The van der Waals surface area contributed by atoms with Crippen LogP contribution in [0.2, 0.25) is 0 Å². The standard InChI is InChI=1S/C13H25N3.HI/c1-3-5-11-8-12(11)16-13(14-4-2)15-9-10-6-7-10;/h10-12H,3-9H2,1-2H3,(H2,14,15,16);1H. The Labute approximate surface area is 122 Å². The van der Waals surface area contributed by atoms with Crippen molar-refractivity contribution in [3.63, 3.8) is 0 Å². The summed E-state index contributed by atoms with van der Waals surface area (Å²) in [7, 11) is 0. The minimum absolute atomic E-state index is 0. The van der Waals surface area contributed by atoms with Crippen molar-refractivity contribution < 1.29 is 0 Å². The number of rotatable bonds is 6. The van der Waals surface area contributed by atoms with Crippen LogP contribution in [0.1, 0.15) is 46.0 Å². The van der Waals surface area contributed by atoms with Gasteiger partial charge in [0.1, 0.15) is 0 Å². The lowest BCUT2D eigenvalue weighted by atomic mass is 10.2. The van der Waals surface area contributed by atoms with Crippen LogP contribution >= 0.6 is 24.0 Å². The van der Waals surface area contributed by atoms with Crippen LogP contribution in [0.5, 0.6) is 0 Å². The summed E-state index contributed by atoms with van der Waals surface area (Å²) >= 11 is 0. The van der Waals surface area contributed by atoms with E-state index in [1.165, 1.54) is 32.1 Å². The Morgan fingerprint density at radius 2 is 2.06 bits per heavy atom. The molecular formula is C13H26IN3. The van der Waals surface area contributed by atoms with E-state index in [4.69, 9.17) is 0 Å². The molecule has 2 rings (SSSR count). The van der Waals surface area contributed by atoms with E-state index in [1.54, 1.807) is 0 Å². The Hall–Kier alpha value is 0. The first-order valence-corrected chi connectivity index (χ1v) is 6.88. The van der Waals surface area contributed by atoms with Crippen molar-refractivity contribution in [2.75, 3.05) is 13.1 Å². The Bertz CT molecular complexity index is 251. The summed E-state index contributed by atoms with van der Waals surface area (Å²) in [5, 5.41) is 6.89. The Balaban J connectivity index is 0.00000144. The molecule has 2 aliphatic rings. The zero-order valence-corrected chi connectivity index (χ0v) is 13.4. The Morgan fingerprint density at radius 3 is 2.65 bits per heavy atom. The van der Waals surface area contributed by atoms with Crippen molar-refractivity contribution in [3.8, 4) is 0 Å². The second kappa shape index (κ2) is 7.44. The second-order valence-electron chi connectivity index (χ2n) is 5.20.